The van der Waals surface area contributed by atoms with E-state index in [-0.39, 0.29) is 24.1 Å². The van der Waals surface area contributed by atoms with Crippen molar-refractivity contribution in [1.29, 1.82) is 0 Å². The predicted octanol–water partition coefficient (Wildman–Crippen LogP) is 1.38. The van der Waals surface area contributed by atoms with Gasteiger partial charge in [0.15, 0.2) is 11.2 Å². The lowest BCUT2D eigenvalue weighted by Gasteiger charge is -2.12. The maximum absolute atomic E-state index is 12.7. The summed E-state index contributed by atoms with van der Waals surface area (Å²) in [6.07, 6.45) is 10.1. The normalized spacial score (nSPS) is 18.5. The minimum absolute atomic E-state index is 0.0144. The highest BCUT2D eigenvalue weighted by atomic mass is 16.2. The average Bonchev–Trinajstić information content (AvgIpc) is 3.12. The summed E-state index contributed by atoms with van der Waals surface area (Å²) in [5, 5.41) is 3.01. The quantitative estimate of drug-likeness (QED) is 0.922. The Balaban J connectivity index is 1.59. The van der Waals surface area contributed by atoms with Gasteiger partial charge in [0, 0.05) is 19.0 Å². The first-order valence-corrected chi connectivity index (χ1v) is 8.96. The number of hydrogen-bond donors (Lipinski definition) is 1. The van der Waals surface area contributed by atoms with Crippen molar-refractivity contribution in [2.75, 3.05) is 0 Å². The van der Waals surface area contributed by atoms with Gasteiger partial charge in [-0.15, -0.1) is 0 Å². The second kappa shape index (κ2) is 6.37. The Morgan fingerprint density at radius 1 is 1.21 bits per heavy atom. The SMILES string of the molecule is O=C(Cn1cnc2c(nc3n2CCCCC3)c1=O)NC1CCCC1. The Morgan fingerprint density at radius 3 is 2.88 bits per heavy atom. The molecule has 24 heavy (non-hydrogen) atoms. The third-order valence-corrected chi connectivity index (χ3v) is 5.12. The Labute approximate surface area is 140 Å². The number of imidazole rings is 1. The van der Waals surface area contributed by atoms with E-state index < -0.39 is 0 Å². The van der Waals surface area contributed by atoms with Gasteiger partial charge in [0.2, 0.25) is 5.91 Å². The molecule has 2 aliphatic rings. The standard InChI is InChI=1S/C17H23N5O2/c23-14(19-12-6-3-4-7-12)10-21-11-18-16-15(17(21)24)20-13-8-2-1-5-9-22(13)16/h11-12H,1-10H2,(H,19,23). The topological polar surface area (TPSA) is 81.8 Å². The van der Waals surface area contributed by atoms with E-state index in [9.17, 15) is 9.59 Å². The van der Waals surface area contributed by atoms with Crippen molar-refractivity contribution < 1.29 is 4.79 Å². The summed E-state index contributed by atoms with van der Waals surface area (Å²) in [6.45, 7) is 0.880. The van der Waals surface area contributed by atoms with Crippen LogP contribution in [0.25, 0.3) is 11.2 Å². The molecule has 7 nitrogen and oxygen atoms in total. The van der Waals surface area contributed by atoms with E-state index in [1.165, 1.54) is 30.2 Å². The van der Waals surface area contributed by atoms with Crippen LogP contribution in [0.2, 0.25) is 0 Å². The average molecular weight is 329 g/mol. The third-order valence-electron chi connectivity index (χ3n) is 5.12. The second-order valence-electron chi connectivity index (χ2n) is 6.89. The summed E-state index contributed by atoms with van der Waals surface area (Å²) in [6, 6.07) is 0.258. The molecule has 0 unspecified atom stereocenters. The molecule has 4 rings (SSSR count). The highest BCUT2D eigenvalue weighted by Crippen LogP contribution is 2.19. The van der Waals surface area contributed by atoms with Gasteiger partial charge in [-0.3, -0.25) is 14.2 Å². The number of aryl methyl sites for hydroxylation is 2. The second-order valence-corrected chi connectivity index (χ2v) is 6.89. The van der Waals surface area contributed by atoms with Crippen LogP contribution in [0.5, 0.6) is 0 Å². The molecule has 1 N–H and O–H groups in total. The molecule has 3 heterocycles. The van der Waals surface area contributed by atoms with Gasteiger partial charge in [0.1, 0.15) is 18.7 Å². The summed E-state index contributed by atoms with van der Waals surface area (Å²) in [5.74, 6) is 0.825. The molecule has 2 aromatic rings. The monoisotopic (exact) mass is 329 g/mol. The van der Waals surface area contributed by atoms with E-state index in [1.807, 2.05) is 0 Å². The van der Waals surface area contributed by atoms with Crippen LogP contribution in [0.4, 0.5) is 0 Å². The number of carbonyl (C=O) groups excluding carboxylic acids is 1. The predicted molar refractivity (Wildman–Crippen MR) is 89.7 cm³/mol. The van der Waals surface area contributed by atoms with Crippen LogP contribution < -0.4 is 10.9 Å². The van der Waals surface area contributed by atoms with Crippen LogP contribution in [-0.2, 0) is 24.3 Å². The summed E-state index contributed by atoms with van der Waals surface area (Å²) < 4.78 is 3.44. The van der Waals surface area contributed by atoms with E-state index in [4.69, 9.17) is 0 Å². The summed E-state index contributed by atoms with van der Waals surface area (Å²) >= 11 is 0. The Bertz CT molecular complexity index is 816. The zero-order valence-corrected chi connectivity index (χ0v) is 13.8. The zero-order valence-electron chi connectivity index (χ0n) is 13.8. The molecule has 2 aromatic heterocycles. The molecular weight excluding hydrogens is 306 g/mol. The number of rotatable bonds is 3. The molecule has 0 aromatic carbocycles. The number of amides is 1. The number of nitrogens with one attached hydrogen (secondary N) is 1. The van der Waals surface area contributed by atoms with Crippen LogP contribution in [0, 0.1) is 0 Å². The summed E-state index contributed by atoms with van der Waals surface area (Å²) in [5.41, 5.74) is 0.828. The van der Waals surface area contributed by atoms with Crippen LogP contribution >= 0.6 is 0 Å². The third kappa shape index (κ3) is 2.83. The number of aromatic nitrogens is 4. The van der Waals surface area contributed by atoms with Gasteiger partial charge < -0.3 is 9.88 Å². The molecular formula is C17H23N5O2. The van der Waals surface area contributed by atoms with Gasteiger partial charge in [-0.1, -0.05) is 19.3 Å². The van der Waals surface area contributed by atoms with E-state index in [1.54, 1.807) is 0 Å². The highest BCUT2D eigenvalue weighted by Gasteiger charge is 2.20. The summed E-state index contributed by atoms with van der Waals surface area (Å²) in [7, 11) is 0. The molecule has 7 heteroatoms. The van der Waals surface area contributed by atoms with Crippen molar-refractivity contribution in [3.63, 3.8) is 0 Å². The maximum Gasteiger partial charge on any atom is 0.282 e. The van der Waals surface area contributed by atoms with Gasteiger partial charge in [-0.2, -0.15) is 0 Å². The van der Waals surface area contributed by atoms with Crippen molar-refractivity contribution in [1.82, 2.24) is 24.4 Å². The minimum atomic E-state index is -0.220. The molecule has 1 amide bonds. The Hall–Kier alpha value is -2.18. The number of carbonyl (C=O) groups is 1. The van der Waals surface area contributed by atoms with Crippen LogP contribution in [0.15, 0.2) is 11.1 Å². The van der Waals surface area contributed by atoms with Crippen LogP contribution in [0.1, 0.15) is 50.8 Å². The van der Waals surface area contributed by atoms with E-state index in [0.717, 1.165) is 44.5 Å². The molecule has 128 valence electrons. The fourth-order valence-corrected chi connectivity index (χ4v) is 3.84. The van der Waals surface area contributed by atoms with Crippen molar-refractivity contribution in [3.05, 3.63) is 22.5 Å². The first kappa shape index (κ1) is 15.4. The first-order valence-electron chi connectivity index (χ1n) is 8.96. The smallest absolute Gasteiger partial charge is 0.282 e. The van der Waals surface area contributed by atoms with Crippen molar-refractivity contribution in [2.45, 2.75) is 70.5 Å². The molecule has 1 aliphatic carbocycles. The van der Waals surface area contributed by atoms with Gasteiger partial charge >= 0.3 is 0 Å². The molecule has 0 atom stereocenters. The minimum Gasteiger partial charge on any atom is -0.352 e. The molecule has 0 spiro atoms. The van der Waals surface area contributed by atoms with E-state index in [2.05, 4.69) is 19.9 Å². The number of fused-ring (bicyclic) bond motifs is 3. The van der Waals surface area contributed by atoms with Crippen molar-refractivity contribution >= 4 is 17.1 Å². The Morgan fingerprint density at radius 2 is 2.04 bits per heavy atom. The molecule has 0 bridgehead atoms. The molecule has 0 radical (unpaired) electrons. The maximum atomic E-state index is 12.7. The van der Waals surface area contributed by atoms with Crippen molar-refractivity contribution in [3.8, 4) is 0 Å². The lowest BCUT2D eigenvalue weighted by molar-refractivity contribution is -0.122. The number of nitrogens with zero attached hydrogens (tertiary/aromatic N) is 4. The van der Waals surface area contributed by atoms with E-state index in [0.29, 0.717) is 11.2 Å². The first-order chi connectivity index (χ1) is 11.7. The van der Waals surface area contributed by atoms with Crippen molar-refractivity contribution in [2.24, 2.45) is 0 Å². The van der Waals surface area contributed by atoms with Gasteiger partial charge in [-0.05, 0) is 25.7 Å². The van der Waals surface area contributed by atoms with Gasteiger partial charge in [0.25, 0.3) is 5.56 Å². The van der Waals surface area contributed by atoms with Crippen LogP contribution in [0.3, 0.4) is 0 Å². The Kier molecular flexibility index (Phi) is 4.08. The lowest BCUT2D eigenvalue weighted by Crippen LogP contribution is -2.37. The molecule has 0 saturated heterocycles. The van der Waals surface area contributed by atoms with Gasteiger partial charge in [-0.25, -0.2) is 9.97 Å². The summed E-state index contributed by atoms with van der Waals surface area (Å²) in [4.78, 5) is 33.8. The van der Waals surface area contributed by atoms with Gasteiger partial charge in [0.05, 0.1) is 0 Å². The fourth-order valence-electron chi connectivity index (χ4n) is 3.84. The highest BCUT2D eigenvalue weighted by molar-refractivity contribution is 5.77. The molecule has 1 saturated carbocycles. The zero-order chi connectivity index (χ0) is 16.5. The molecule has 1 fully saturated rings. The largest absolute Gasteiger partial charge is 0.352 e. The van der Waals surface area contributed by atoms with Crippen LogP contribution in [-0.4, -0.2) is 31.1 Å². The molecule has 1 aliphatic heterocycles. The lowest BCUT2D eigenvalue weighted by atomic mass is 10.2. The number of hydrogen-bond acceptors (Lipinski definition) is 4. The fraction of sp³-hybridized carbons (Fsp3) is 0.647. The van der Waals surface area contributed by atoms with E-state index >= 15 is 0 Å².